The molecule has 3 aromatic carbocycles. The molecule has 27 heavy (non-hydrogen) atoms. The molecule has 4 aromatic rings. The van der Waals surface area contributed by atoms with Gasteiger partial charge in [0.2, 0.25) is 5.75 Å². The van der Waals surface area contributed by atoms with Crippen molar-refractivity contribution >= 4 is 27.5 Å². The third-order valence-electron chi connectivity index (χ3n) is 4.60. The molecule has 4 rings (SSSR count). The number of hydrogen-bond acceptors (Lipinski definition) is 5. The molecule has 0 atom stereocenters. The van der Waals surface area contributed by atoms with Gasteiger partial charge in [-0.2, -0.15) is 0 Å². The predicted octanol–water partition coefficient (Wildman–Crippen LogP) is 5.08. The number of Topliss-reactive ketones (excluding diaryl/α,β-unsaturated/α-hetero) is 1. The van der Waals surface area contributed by atoms with E-state index in [1.54, 1.807) is 6.07 Å². The number of hydrogen-bond donors (Lipinski definition) is 1. The number of ether oxygens (including phenoxy) is 2. The molecule has 0 aliphatic rings. The molecule has 0 aliphatic heterocycles. The van der Waals surface area contributed by atoms with Gasteiger partial charge in [0.05, 0.1) is 18.8 Å². The van der Waals surface area contributed by atoms with Crippen LogP contribution in [-0.2, 0) is 6.61 Å². The van der Waals surface area contributed by atoms with Crippen molar-refractivity contribution in [1.29, 1.82) is 0 Å². The molecule has 0 saturated heterocycles. The summed E-state index contributed by atoms with van der Waals surface area (Å²) in [5.74, 6) is -0.183. The molecule has 0 spiro atoms. The molecular formula is C22H18O5. The maximum absolute atomic E-state index is 12.2. The summed E-state index contributed by atoms with van der Waals surface area (Å²) in [6.07, 6.45) is 1.47. The molecule has 0 saturated carbocycles. The van der Waals surface area contributed by atoms with E-state index in [9.17, 15) is 9.90 Å². The molecule has 5 nitrogen and oxygen atoms in total. The number of phenolic OH excluding ortho intramolecular Hbond substituents is 1. The Labute approximate surface area is 155 Å². The van der Waals surface area contributed by atoms with Crippen LogP contribution in [0.1, 0.15) is 22.8 Å². The number of benzene rings is 3. The quantitative estimate of drug-likeness (QED) is 0.501. The van der Waals surface area contributed by atoms with Crippen molar-refractivity contribution in [1.82, 2.24) is 0 Å². The van der Waals surface area contributed by atoms with E-state index in [-0.39, 0.29) is 35.2 Å². The zero-order valence-electron chi connectivity index (χ0n) is 15.0. The Morgan fingerprint density at radius 1 is 1.04 bits per heavy atom. The van der Waals surface area contributed by atoms with Crippen LogP contribution in [-0.4, -0.2) is 18.0 Å². The van der Waals surface area contributed by atoms with E-state index in [4.69, 9.17) is 13.9 Å². The van der Waals surface area contributed by atoms with Crippen molar-refractivity contribution in [3.05, 3.63) is 65.9 Å². The average molecular weight is 362 g/mol. The zero-order chi connectivity index (χ0) is 19.0. The van der Waals surface area contributed by atoms with Gasteiger partial charge >= 0.3 is 0 Å². The predicted molar refractivity (Wildman–Crippen MR) is 103 cm³/mol. The second kappa shape index (κ2) is 6.68. The number of carbonyl (C=O) groups excluding carboxylic acids is 1. The fourth-order valence-corrected chi connectivity index (χ4v) is 3.36. The van der Waals surface area contributed by atoms with Crippen molar-refractivity contribution in [2.75, 3.05) is 7.11 Å². The SMILES string of the molecule is COc1c(O)c(C(C)=O)c(OCc2cccc3ccccc23)c2ccoc12. The van der Waals surface area contributed by atoms with Crippen LogP contribution in [0.25, 0.3) is 21.7 Å². The smallest absolute Gasteiger partial charge is 0.205 e. The van der Waals surface area contributed by atoms with Crippen LogP contribution in [0, 0.1) is 0 Å². The standard InChI is InChI=1S/C22H18O5/c1-13(23)18-19(24)22(25-2)21-17(10-11-26-21)20(18)27-12-15-8-5-7-14-6-3-4-9-16(14)15/h3-11,24H,12H2,1-2H3. The molecule has 0 bridgehead atoms. The Balaban J connectivity index is 1.83. The van der Waals surface area contributed by atoms with Crippen LogP contribution in [0.4, 0.5) is 0 Å². The largest absolute Gasteiger partial charge is 0.504 e. The number of fused-ring (bicyclic) bond motifs is 2. The number of aromatic hydroxyl groups is 1. The Morgan fingerprint density at radius 2 is 1.81 bits per heavy atom. The lowest BCUT2D eigenvalue weighted by Gasteiger charge is -2.15. The van der Waals surface area contributed by atoms with Gasteiger partial charge in [0.1, 0.15) is 17.9 Å². The topological polar surface area (TPSA) is 68.9 Å². The number of methoxy groups -OCH3 is 1. The third kappa shape index (κ3) is 2.77. The van der Waals surface area contributed by atoms with E-state index in [0.717, 1.165) is 16.3 Å². The maximum atomic E-state index is 12.2. The Kier molecular flexibility index (Phi) is 4.20. The summed E-state index contributed by atoms with van der Waals surface area (Å²) >= 11 is 0. The Morgan fingerprint density at radius 3 is 2.59 bits per heavy atom. The molecule has 0 radical (unpaired) electrons. The molecule has 0 unspecified atom stereocenters. The van der Waals surface area contributed by atoms with Gasteiger partial charge in [-0.05, 0) is 29.3 Å². The summed E-state index contributed by atoms with van der Waals surface area (Å²) in [5.41, 5.74) is 1.41. The van der Waals surface area contributed by atoms with E-state index in [1.165, 1.54) is 20.3 Å². The van der Waals surface area contributed by atoms with Gasteiger partial charge in [-0.25, -0.2) is 0 Å². The van der Waals surface area contributed by atoms with Gasteiger partial charge in [-0.1, -0.05) is 42.5 Å². The van der Waals surface area contributed by atoms with Crippen molar-refractivity contribution < 1.29 is 23.8 Å². The number of ketones is 1. The second-order valence-electron chi connectivity index (χ2n) is 6.23. The van der Waals surface area contributed by atoms with Crippen LogP contribution in [0.2, 0.25) is 0 Å². The van der Waals surface area contributed by atoms with Crippen LogP contribution >= 0.6 is 0 Å². The monoisotopic (exact) mass is 362 g/mol. The van der Waals surface area contributed by atoms with E-state index in [0.29, 0.717) is 11.0 Å². The van der Waals surface area contributed by atoms with Crippen LogP contribution < -0.4 is 9.47 Å². The van der Waals surface area contributed by atoms with Gasteiger partial charge in [0.15, 0.2) is 17.1 Å². The van der Waals surface area contributed by atoms with Gasteiger partial charge in [-0.15, -0.1) is 0 Å². The first-order chi connectivity index (χ1) is 13.1. The number of furan rings is 1. The normalized spacial score (nSPS) is 11.0. The van der Waals surface area contributed by atoms with Gasteiger partial charge < -0.3 is 19.0 Å². The highest BCUT2D eigenvalue weighted by molar-refractivity contribution is 6.08. The Hall–Kier alpha value is -3.47. The lowest BCUT2D eigenvalue weighted by molar-refractivity contribution is 0.101. The molecule has 0 aliphatic carbocycles. The first-order valence-electron chi connectivity index (χ1n) is 8.52. The number of carbonyl (C=O) groups is 1. The highest BCUT2D eigenvalue weighted by atomic mass is 16.5. The molecule has 5 heteroatoms. The molecular weight excluding hydrogens is 344 g/mol. The van der Waals surface area contributed by atoms with Gasteiger partial charge in [-0.3, -0.25) is 4.79 Å². The van der Waals surface area contributed by atoms with Gasteiger partial charge in [0, 0.05) is 0 Å². The third-order valence-corrected chi connectivity index (χ3v) is 4.60. The second-order valence-corrected chi connectivity index (χ2v) is 6.23. The molecule has 136 valence electrons. The summed E-state index contributed by atoms with van der Waals surface area (Å²) in [7, 11) is 1.41. The van der Waals surface area contributed by atoms with Crippen molar-refractivity contribution in [2.45, 2.75) is 13.5 Å². The van der Waals surface area contributed by atoms with Crippen LogP contribution in [0.3, 0.4) is 0 Å². The lowest BCUT2D eigenvalue weighted by Crippen LogP contribution is -2.04. The van der Waals surface area contributed by atoms with E-state index in [2.05, 4.69) is 0 Å². The fourth-order valence-electron chi connectivity index (χ4n) is 3.36. The molecule has 0 amide bonds. The van der Waals surface area contributed by atoms with Crippen LogP contribution in [0.15, 0.2) is 59.2 Å². The first kappa shape index (κ1) is 17.0. The maximum Gasteiger partial charge on any atom is 0.205 e. The minimum Gasteiger partial charge on any atom is -0.504 e. The summed E-state index contributed by atoms with van der Waals surface area (Å²) in [6, 6.07) is 15.7. The van der Waals surface area contributed by atoms with E-state index < -0.39 is 0 Å². The van der Waals surface area contributed by atoms with Crippen molar-refractivity contribution in [2.24, 2.45) is 0 Å². The lowest BCUT2D eigenvalue weighted by atomic mass is 10.0. The number of phenols is 1. The molecule has 1 N–H and O–H groups in total. The number of rotatable bonds is 5. The summed E-state index contributed by atoms with van der Waals surface area (Å²) in [6.45, 7) is 1.62. The Bertz CT molecular complexity index is 1150. The van der Waals surface area contributed by atoms with E-state index >= 15 is 0 Å². The van der Waals surface area contributed by atoms with Gasteiger partial charge in [0.25, 0.3) is 0 Å². The van der Waals surface area contributed by atoms with E-state index in [1.807, 2.05) is 42.5 Å². The average Bonchev–Trinajstić information content (AvgIpc) is 3.15. The fraction of sp³-hybridized carbons (Fsp3) is 0.136. The minimum atomic E-state index is -0.318. The molecule has 0 fully saturated rings. The van der Waals surface area contributed by atoms with Crippen LogP contribution in [0.5, 0.6) is 17.2 Å². The van der Waals surface area contributed by atoms with Crippen molar-refractivity contribution in [3.8, 4) is 17.2 Å². The summed E-state index contributed by atoms with van der Waals surface area (Å²) < 4.78 is 16.7. The molecule has 1 heterocycles. The zero-order valence-corrected chi connectivity index (χ0v) is 15.0. The highest BCUT2D eigenvalue weighted by Crippen LogP contribution is 2.46. The summed E-state index contributed by atoms with van der Waals surface area (Å²) in [5, 5.41) is 13.3. The molecule has 1 aromatic heterocycles. The highest BCUT2D eigenvalue weighted by Gasteiger charge is 2.26. The minimum absolute atomic E-state index is 0.0842. The first-order valence-corrected chi connectivity index (χ1v) is 8.52. The van der Waals surface area contributed by atoms with Crippen molar-refractivity contribution in [3.63, 3.8) is 0 Å². The summed E-state index contributed by atoms with van der Waals surface area (Å²) in [4.78, 5) is 12.2.